The first-order chi connectivity index (χ1) is 9.99. The molecule has 2 heterocycles. The molecule has 2 N–H and O–H groups in total. The van der Waals surface area contributed by atoms with Gasteiger partial charge in [0.2, 0.25) is 11.8 Å². The molecule has 1 unspecified atom stereocenters. The van der Waals surface area contributed by atoms with E-state index in [0.717, 1.165) is 10.2 Å². The topological polar surface area (TPSA) is 66.5 Å². The van der Waals surface area contributed by atoms with Gasteiger partial charge in [-0.1, -0.05) is 0 Å². The van der Waals surface area contributed by atoms with Gasteiger partial charge in [0, 0.05) is 30.1 Å². The van der Waals surface area contributed by atoms with Crippen molar-refractivity contribution in [1.29, 1.82) is 0 Å². The van der Waals surface area contributed by atoms with Crippen molar-refractivity contribution in [2.75, 3.05) is 13.7 Å². The van der Waals surface area contributed by atoms with Crippen molar-refractivity contribution in [3.05, 3.63) is 34.7 Å². The molecule has 1 aromatic rings. The number of halogens is 1. The highest BCUT2D eigenvalue weighted by atomic mass is 79.9. The molecule has 6 nitrogen and oxygen atoms in total. The van der Waals surface area contributed by atoms with Crippen LogP contribution >= 0.6 is 15.9 Å². The second-order valence-corrected chi connectivity index (χ2v) is 5.90. The summed E-state index contributed by atoms with van der Waals surface area (Å²) in [6, 6.07) is 3.87. The Balaban J connectivity index is 2.12. The van der Waals surface area contributed by atoms with Crippen LogP contribution in [0, 0.1) is 0 Å². The minimum absolute atomic E-state index is 0.0173. The Labute approximate surface area is 132 Å². The Morgan fingerprint density at radius 3 is 3.05 bits per heavy atom. The summed E-state index contributed by atoms with van der Waals surface area (Å²) in [5.74, 6) is 0.528. The lowest BCUT2D eigenvalue weighted by atomic mass is 10.2. The van der Waals surface area contributed by atoms with Crippen molar-refractivity contribution in [3.8, 4) is 5.88 Å². The van der Waals surface area contributed by atoms with Crippen LogP contribution in [-0.2, 0) is 4.79 Å². The van der Waals surface area contributed by atoms with Crippen LogP contribution in [0.3, 0.4) is 0 Å². The molecule has 0 bridgehead atoms. The van der Waals surface area contributed by atoms with Crippen LogP contribution in [0.1, 0.15) is 25.6 Å². The minimum Gasteiger partial charge on any atom is -0.481 e. The number of carbonyl (C=O) groups excluding carboxylic acids is 1. The van der Waals surface area contributed by atoms with Gasteiger partial charge in [-0.3, -0.25) is 4.79 Å². The van der Waals surface area contributed by atoms with E-state index < -0.39 is 0 Å². The number of rotatable bonds is 5. The van der Waals surface area contributed by atoms with Gasteiger partial charge in [-0.2, -0.15) is 0 Å². The smallest absolute Gasteiger partial charge is 0.239 e. The fraction of sp³-hybridized carbons (Fsp3) is 0.429. The predicted molar refractivity (Wildman–Crippen MR) is 83.7 cm³/mol. The van der Waals surface area contributed by atoms with Crippen molar-refractivity contribution in [2.24, 2.45) is 0 Å². The van der Waals surface area contributed by atoms with Crippen LogP contribution in [0.5, 0.6) is 5.88 Å². The summed E-state index contributed by atoms with van der Waals surface area (Å²) in [4.78, 5) is 18.0. The van der Waals surface area contributed by atoms with Crippen LogP contribution in [0.15, 0.2) is 29.1 Å². The highest BCUT2D eigenvalue weighted by Gasteiger charge is 2.26. The quantitative estimate of drug-likeness (QED) is 0.788. The van der Waals surface area contributed by atoms with E-state index in [2.05, 4.69) is 31.5 Å². The number of amides is 1. The average Bonchev–Trinajstić information content (AvgIpc) is 2.78. The summed E-state index contributed by atoms with van der Waals surface area (Å²) in [7, 11) is 1.58. The molecule has 0 aromatic carbocycles. The first-order valence-electron chi connectivity index (χ1n) is 6.68. The number of pyridine rings is 1. The van der Waals surface area contributed by atoms with E-state index >= 15 is 0 Å². The van der Waals surface area contributed by atoms with Crippen molar-refractivity contribution in [1.82, 2.24) is 20.5 Å². The predicted octanol–water partition coefficient (Wildman–Crippen LogP) is 1.71. The Kier molecular flexibility index (Phi) is 5.06. The number of carbonyl (C=O) groups is 1. The molecular weight excluding hydrogens is 336 g/mol. The van der Waals surface area contributed by atoms with Gasteiger partial charge in [0.05, 0.1) is 18.3 Å². The van der Waals surface area contributed by atoms with E-state index in [0.29, 0.717) is 5.88 Å². The maximum Gasteiger partial charge on any atom is 0.239 e. The highest BCUT2D eigenvalue weighted by molar-refractivity contribution is 9.11. The third kappa shape index (κ3) is 4.10. The fourth-order valence-electron chi connectivity index (χ4n) is 2.12. The zero-order chi connectivity index (χ0) is 15.4. The molecule has 1 aromatic heterocycles. The lowest BCUT2D eigenvalue weighted by Crippen LogP contribution is -2.40. The molecule has 21 heavy (non-hydrogen) atoms. The van der Waals surface area contributed by atoms with E-state index in [9.17, 15) is 4.79 Å². The van der Waals surface area contributed by atoms with Crippen LogP contribution in [-0.4, -0.2) is 35.5 Å². The van der Waals surface area contributed by atoms with Crippen molar-refractivity contribution in [3.63, 3.8) is 0 Å². The van der Waals surface area contributed by atoms with Crippen LogP contribution in [0.4, 0.5) is 0 Å². The lowest BCUT2D eigenvalue weighted by molar-refractivity contribution is -0.122. The molecule has 1 atom stereocenters. The second-order valence-electron chi connectivity index (χ2n) is 5.05. The van der Waals surface area contributed by atoms with Gasteiger partial charge in [-0.05, 0) is 35.8 Å². The second kappa shape index (κ2) is 6.80. The maximum absolute atomic E-state index is 12.0. The number of hydrogen-bond donors (Lipinski definition) is 2. The van der Waals surface area contributed by atoms with Crippen LogP contribution < -0.4 is 15.4 Å². The molecule has 7 heteroatoms. The molecule has 1 aliphatic heterocycles. The molecule has 0 saturated heterocycles. The molecule has 0 radical (unpaired) electrons. The Bertz CT molecular complexity index is 548. The summed E-state index contributed by atoms with van der Waals surface area (Å²) >= 11 is 3.42. The van der Waals surface area contributed by atoms with Crippen LogP contribution in [0.2, 0.25) is 0 Å². The summed E-state index contributed by atoms with van der Waals surface area (Å²) in [5.41, 5.74) is 0.977. The lowest BCUT2D eigenvalue weighted by Gasteiger charge is -2.25. The van der Waals surface area contributed by atoms with Crippen molar-refractivity contribution < 1.29 is 9.53 Å². The number of hydrogen-bond acceptors (Lipinski definition) is 5. The zero-order valence-electron chi connectivity index (χ0n) is 12.3. The number of methoxy groups -OCH3 is 1. The SMILES string of the molecule is COc1cc(C2NC(Br)=CN2CC(=O)NC(C)C)ccn1. The van der Waals surface area contributed by atoms with Crippen molar-refractivity contribution >= 4 is 21.8 Å². The molecule has 0 spiro atoms. The molecule has 1 amide bonds. The van der Waals surface area contributed by atoms with Gasteiger partial charge >= 0.3 is 0 Å². The minimum atomic E-state index is -0.130. The molecule has 0 aliphatic carbocycles. The van der Waals surface area contributed by atoms with Crippen molar-refractivity contribution in [2.45, 2.75) is 26.1 Å². The summed E-state index contributed by atoms with van der Waals surface area (Å²) in [6.07, 6.45) is 3.43. The highest BCUT2D eigenvalue weighted by Crippen LogP contribution is 2.28. The Morgan fingerprint density at radius 1 is 1.62 bits per heavy atom. The van der Waals surface area contributed by atoms with Gasteiger partial charge in [-0.15, -0.1) is 0 Å². The van der Waals surface area contributed by atoms with Gasteiger partial charge in [0.25, 0.3) is 0 Å². The van der Waals surface area contributed by atoms with E-state index in [4.69, 9.17) is 4.74 Å². The number of ether oxygens (including phenoxy) is 1. The van der Waals surface area contributed by atoms with Gasteiger partial charge < -0.3 is 20.3 Å². The first-order valence-corrected chi connectivity index (χ1v) is 7.48. The van der Waals surface area contributed by atoms with E-state index in [1.54, 1.807) is 13.3 Å². The van der Waals surface area contributed by atoms with E-state index in [-0.39, 0.29) is 24.7 Å². The zero-order valence-corrected chi connectivity index (χ0v) is 13.8. The molecule has 0 fully saturated rings. The standard InChI is InChI=1S/C14H19BrN4O2/c1-9(2)17-12(20)8-19-7-11(15)18-14(19)10-4-5-16-13(6-10)21-3/h4-7,9,14,18H,8H2,1-3H3,(H,17,20). The first kappa shape index (κ1) is 15.6. The molecular formula is C14H19BrN4O2. The third-order valence-electron chi connectivity index (χ3n) is 2.95. The molecule has 2 rings (SSSR count). The molecule has 114 valence electrons. The van der Waals surface area contributed by atoms with E-state index in [1.165, 1.54) is 0 Å². The summed E-state index contributed by atoms with van der Waals surface area (Å²) in [5, 5.41) is 6.16. The van der Waals surface area contributed by atoms with Gasteiger partial charge in [-0.25, -0.2) is 4.98 Å². The van der Waals surface area contributed by atoms with Gasteiger partial charge in [0.1, 0.15) is 6.17 Å². The fourth-order valence-corrected chi connectivity index (χ4v) is 2.60. The number of nitrogens with zero attached hydrogens (tertiary/aromatic N) is 2. The average molecular weight is 355 g/mol. The molecule has 1 aliphatic rings. The van der Waals surface area contributed by atoms with Crippen LogP contribution in [0.25, 0.3) is 0 Å². The summed E-state index contributed by atoms with van der Waals surface area (Å²) in [6.45, 7) is 4.16. The van der Waals surface area contributed by atoms with Gasteiger partial charge in [0.15, 0.2) is 0 Å². The normalized spacial score (nSPS) is 17.5. The largest absolute Gasteiger partial charge is 0.481 e. The maximum atomic E-state index is 12.0. The molecule has 0 saturated carbocycles. The number of aromatic nitrogens is 1. The van der Waals surface area contributed by atoms with E-state index in [1.807, 2.05) is 37.1 Å². The number of nitrogens with one attached hydrogen (secondary N) is 2. The summed E-state index contributed by atoms with van der Waals surface area (Å²) < 4.78 is 5.98. The Hall–Kier alpha value is -1.76. The third-order valence-corrected chi connectivity index (χ3v) is 3.38. The monoisotopic (exact) mass is 354 g/mol. The Morgan fingerprint density at radius 2 is 2.38 bits per heavy atom.